The number of rotatable bonds is 4. The van der Waals surface area contributed by atoms with Crippen molar-refractivity contribution in [1.82, 2.24) is 14.8 Å². The van der Waals surface area contributed by atoms with Gasteiger partial charge in [-0.15, -0.1) is 0 Å². The molecule has 15 heavy (non-hydrogen) atoms. The standard InChI is InChI=1S/C9H19N3O2S/c1-7-9(3-2-6-10-7)12-15(13,14)11-8-4-5-8/h7-12H,2-6H2,1H3. The molecular formula is C9H19N3O2S. The molecule has 0 aromatic heterocycles. The molecule has 2 aliphatic rings. The predicted molar refractivity (Wildman–Crippen MR) is 58.7 cm³/mol. The van der Waals surface area contributed by atoms with Crippen molar-refractivity contribution in [3.8, 4) is 0 Å². The second-order valence-corrected chi connectivity index (χ2v) is 5.98. The second kappa shape index (κ2) is 4.37. The van der Waals surface area contributed by atoms with E-state index in [0.717, 1.165) is 32.2 Å². The van der Waals surface area contributed by atoms with Gasteiger partial charge in [0.15, 0.2) is 0 Å². The molecule has 0 amide bonds. The third-order valence-corrected chi connectivity index (χ3v) is 4.22. The topological polar surface area (TPSA) is 70.2 Å². The lowest BCUT2D eigenvalue weighted by Gasteiger charge is -2.30. The summed E-state index contributed by atoms with van der Waals surface area (Å²) in [5, 5.41) is 3.27. The van der Waals surface area contributed by atoms with Crippen LogP contribution in [0.2, 0.25) is 0 Å². The van der Waals surface area contributed by atoms with Crippen LogP contribution in [0.5, 0.6) is 0 Å². The zero-order chi connectivity index (χ0) is 10.9. The van der Waals surface area contributed by atoms with Gasteiger partial charge < -0.3 is 5.32 Å². The number of piperidine rings is 1. The van der Waals surface area contributed by atoms with E-state index in [4.69, 9.17) is 0 Å². The molecule has 2 fully saturated rings. The van der Waals surface area contributed by atoms with E-state index in [-0.39, 0.29) is 18.1 Å². The van der Waals surface area contributed by atoms with Gasteiger partial charge in [0.05, 0.1) is 0 Å². The summed E-state index contributed by atoms with van der Waals surface area (Å²) < 4.78 is 28.6. The highest BCUT2D eigenvalue weighted by molar-refractivity contribution is 7.87. The Morgan fingerprint density at radius 1 is 1.20 bits per heavy atom. The molecular weight excluding hydrogens is 214 g/mol. The molecule has 1 saturated heterocycles. The number of nitrogens with one attached hydrogen (secondary N) is 3. The summed E-state index contributed by atoms with van der Waals surface area (Å²) in [4.78, 5) is 0. The van der Waals surface area contributed by atoms with E-state index in [2.05, 4.69) is 14.8 Å². The van der Waals surface area contributed by atoms with Crippen molar-refractivity contribution in [1.29, 1.82) is 0 Å². The molecule has 0 aromatic carbocycles. The van der Waals surface area contributed by atoms with E-state index in [9.17, 15) is 8.42 Å². The van der Waals surface area contributed by atoms with Gasteiger partial charge >= 0.3 is 0 Å². The average Bonchev–Trinajstić information content (AvgIpc) is 2.91. The Bertz CT molecular complexity index is 313. The van der Waals surface area contributed by atoms with E-state index in [0.29, 0.717) is 0 Å². The van der Waals surface area contributed by atoms with Crippen LogP contribution >= 0.6 is 0 Å². The average molecular weight is 233 g/mol. The molecule has 5 nitrogen and oxygen atoms in total. The summed E-state index contributed by atoms with van der Waals surface area (Å²) in [6.45, 7) is 3.00. The van der Waals surface area contributed by atoms with Gasteiger partial charge in [0, 0.05) is 18.1 Å². The molecule has 88 valence electrons. The maximum Gasteiger partial charge on any atom is 0.277 e. The Hall–Kier alpha value is -0.170. The summed E-state index contributed by atoms with van der Waals surface area (Å²) in [6.07, 6.45) is 3.89. The molecule has 0 bridgehead atoms. The molecule has 3 N–H and O–H groups in total. The van der Waals surface area contributed by atoms with Gasteiger partial charge in [-0.25, -0.2) is 0 Å². The van der Waals surface area contributed by atoms with Gasteiger partial charge in [-0.05, 0) is 39.2 Å². The van der Waals surface area contributed by atoms with E-state index >= 15 is 0 Å². The highest BCUT2D eigenvalue weighted by atomic mass is 32.2. The zero-order valence-electron chi connectivity index (χ0n) is 8.99. The lowest BCUT2D eigenvalue weighted by atomic mass is 10.0. The molecule has 1 saturated carbocycles. The van der Waals surface area contributed by atoms with Crippen molar-refractivity contribution in [2.75, 3.05) is 6.54 Å². The van der Waals surface area contributed by atoms with Crippen molar-refractivity contribution in [3.63, 3.8) is 0 Å². The summed E-state index contributed by atoms with van der Waals surface area (Å²) in [5.41, 5.74) is 0. The van der Waals surface area contributed by atoms with Crippen LogP contribution in [-0.4, -0.2) is 33.1 Å². The van der Waals surface area contributed by atoms with Crippen molar-refractivity contribution < 1.29 is 8.42 Å². The Labute approximate surface area is 91.2 Å². The molecule has 2 unspecified atom stereocenters. The quantitative estimate of drug-likeness (QED) is 0.625. The van der Waals surface area contributed by atoms with Crippen LogP contribution in [0.3, 0.4) is 0 Å². The van der Waals surface area contributed by atoms with Gasteiger partial charge in [-0.3, -0.25) is 0 Å². The minimum absolute atomic E-state index is 0.0231. The molecule has 2 rings (SSSR count). The molecule has 1 aliphatic heterocycles. The zero-order valence-corrected chi connectivity index (χ0v) is 9.81. The van der Waals surface area contributed by atoms with Gasteiger partial charge in [-0.2, -0.15) is 17.9 Å². The highest BCUT2D eigenvalue weighted by Gasteiger charge is 2.30. The van der Waals surface area contributed by atoms with E-state index in [1.54, 1.807) is 0 Å². The first-order valence-corrected chi connectivity index (χ1v) is 7.08. The minimum Gasteiger partial charge on any atom is -0.313 e. The van der Waals surface area contributed by atoms with E-state index < -0.39 is 10.2 Å². The summed E-state index contributed by atoms with van der Waals surface area (Å²) in [7, 11) is -3.29. The van der Waals surface area contributed by atoms with Crippen LogP contribution in [0.25, 0.3) is 0 Å². The van der Waals surface area contributed by atoms with Gasteiger partial charge in [0.25, 0.3) is 10.2 Å². The van der Waals surface area contributed by atoms with Crippen LogP contribution in [0.1, 0.15) is 32.6 Å². The van der Waals surface area contributed by atoms with Gasteiger partial charge in [0.1, 0.15) is 0 Å². The fraction of sp³-hybridized carbons (Fsp3) is 1.00. The van der Waals surface area contributed by atoms with Crippen molar-refractivity contribution in [2.24, 2.45) is 0 Å². The fourth-order valence-electron chi connectivity index (χ4n) is 1.86. The lowest BCUT2D eigenvalue weighted by Crippen LogP contribution is -2.54. The maximum atomic E-state index is 11.6. The van der Waals surface area contributed by atoms with Crippen molar-refractivity contribution >= 4 is 10.2 Å². The minimum atomic E-state index is -3.29. The van der Waals surface area contributed by atoms with Crippen LogP contribution in [0, 0.1) is 0 Å². The summed E-state index contributed by atoms with van der Waals surface area (Å²) in [6, 6.07) is 0.416. The van der Waals surface area contributed by atoms with E-state index in [1.807, 2.05) is 6.92 Å². The molecule has 0 aromatic rings. The SMILES string of the molecule is CC1NCCCC1NS(=O)(=O)NC1CC1. The summed E-state index contributed by atoms with van der Waals surface area (Å²) >= 11 is 0. The Morgan fingerprint density at radius 3 is 2.53 bits per heavy atom. The monoisotopic (exact) mass is 233 g/mol. The summed E-state index contributed by atoms with van der Waals surface area (Å²) in [5.74, 6) is 0. The molecule has 0 spiro atoms. The molecule has 6 heteroatoms. The third-order valence-electron chi connectivity index (χ3n) is 2.97. The van der Waals surface area contributed by atoms with Crippen molar-refractivity contribution in [3.05, 3.63) is 0 Å². The highest BCUT2D eigenvalue weighted by Crippen LogP contribution is 2.19. The first kappa shape index (κ1) is 11.3. The van der Waals surface area contributed by atoms with E-state index in [1.165, 1.54) is 0 Å². The fourth-order valence-corrected chi connectivity index (χ4v) is 3.32. The van der Waals surface area contributed by atoms with Crippen LogP contribution in [0.15, 0.2) is 0 Å². The van der Waals surface area contributed by atoms with Gasteiger partial charge in [-0.1, -0.05) is 0 Å². The van der Waals surface area contributed by atoms with Gasteiger partial charge in [0.2, 0.25) is 0 Å². The van der Waals surface area contributed by atoms with Crippen LogP contribution in [0.4, 0.5) is 0 Å². The second-order valence-electron chi connectivity index (χ2n) is 4.50. The van der Waals surface area contributed by atoms with Crippen molar-refractivity contribution in [2.45, 2.75) is 50.7 Å². The van der Waals surface area contributed by atoms with Crippen LogP contribution < -0.4 is 14.8 Å². The molecule has 1 heterocycles. The Kier molecular flexibility index (Phi) is 3.30. The first-order chi connectivity index (χ1) is 7.07. The van der Waals surface area contributed by atoms with Crippen LogP contribution in [-0.2, 0) is 10.2 Å². The predicted octanol–water partition coefficient (Wildman–Crippen LogP) is -0.287. The largest absolute Gasteiger partial charge is 0.313 e. The smallest absolute Gasteiger partial charge is 0.277 e. The Balaban J connectivity index is 1.88. The molecule has 2 atom stereocenters. The first-order valence-electron chi connectivity index (χ1n) is 5.60. The molecule has 1 aliphatic carbocycles. The maximum absolute atomic E-state index is 11.6. The number of hydrogen-bond acceptors (Lipinski definition) is 3. The third kappa shape index (κ3) is 3.41. The molecule has 0 radical (unpaired) electrons. The normalized spacial score (nSPS) is 32.9. The number of hydrogen-bond donors (Lipinski definition) is 3. The lowest BCUT2D eigenvalue weighted by molar-refractivity contribution is 0.347. The Morgan fingerprint density at radius 2 is 1.93 bits per heavy atom.